The number of sulfonamides is 1. The third-order valence-electron chi connectivity index (χ3n) is 3.54. The van der Waals surface area contributed by atoms with Crippen LogP contribution in [0.4, 0.5) is 11.4 Å². The molecule has 8 heteroatoms. The van der Waals surface area contributed by atoms with E-state index in [1.807, 2.05) is 0 Å². The van der Waals surface area contributed by atoms with Crippen LogP contribution >= 0.6 is 11.6 Å². The lowest BCUT2D eigenvalue weighted by atomic mass is 10.1. The molecule has 0 aromatic heterocycles. The molecule has 0 atom stereocenters. The van der Waals surface area contributed by atoms with Gasteiger partial charge in [-0.3, -0.25) is 9.10 Å². The van der Waals surface area contributed by atoms with Crippen molar-refractivity contribution in [3.8, 4) is 5.75 Å². The number of hydrogen-bond acceptors (Lipinski definition) is 4. The molecule has 0 radical (unpaired) electrons. The minimum atomic E-state index is -3.44. The molecule has 0 saturated heterocycles. The van der Waals surface area contributed by atoms with E-state index in [2.05, 4.69) is 11.9 Å². The van der Waals surface area contributed by atoms with Crippen LogP contribution < -0.4 is 14.4 Å². The molecule has 0 aliphatic heterocycles. The lowest BCUT2D eigenvalue weighted by molar-refractivity contribution is 0.102. The summed E-state index contributed by atoms with van der Waals surface area (Å²) in [4.78, 5) is 12.5. The Morgan fingerprint density at radius 2 is 1.92 bits per heavy atom. The molecule has 0 aliphatic rings. The first-order chi connectivity index (χ1) is 12.2. The molecule has 1 amide bonds. The number of nitrogens with zero attached hydrogens (tertiary/aromatic N) is 1. The fourth-order valence-electron chi connectivity index (χ4n) is 2.06. The zero-order valence-electron chi connectivity index (χ0n) is 14.4. The SMILES string of the molecule is C=CCOc1ccc(NC(=O)c2cc(N(C)S(C)(=O)=O)ccc2Cl)cc1. The average Bonchev–Trinajstić information content (AvgIpc) is 2.60. The first-order valence-corrected chi connectivity index (χ1v) is 9.83. The summed E-state index contributed by atoms with van der Waals surface area (Å²) in [7, 11) is -2.04. The fraction of sp³-hybridized carbons (Fsp3) is 0.167. The van der Waals surface area contributed by atoms with Crippen LogP contribution in [0.25, 0.3) is 0 Å². The van der Waals surface area contributed by atoms with Crippen LogP contribution in [0.5, 0.6) is 5.75 Å². The van der Waals surface area contributed by atoms with Gasteiger partial charge in [-0.25, -0.2) is 8.42 Å². The highest BCUT2D eigenvalue weighted by molar-refractivity contribution is 7.92. The first-order valence-electron chi connectivity index (χ1n) is 7.61. The quantitative estimate of drug-likeness (QED) is 0.728. The van der Waals surface area contributed by atoms with Gasteiger partial charge < -0.3 is 10.1 Å². The third-order valence-corrected chi connectivity index (χ3v) is 5.07. The summed E-state index contributed by atoms with van der Waals surface area (Å²) in [6.07, 6.45) is 2.72. The van der Waals surface area contributed by atoms with Gasteiger partial charge in [0, 0.05) is 12.7 Å². The third kappa shape index (κ3) is 5.00. The number of hydrogen-bond donors (Lipinski definition) is 1. The van der Waals surface area contributed by atoms with Crippen molar-refractivity contribution < 1.29 is 17.9 Å². The van der Waals surface area contributed by atoms with E-state index in [1.54, 1.807) is 30.3 Å². The van der Waals surface area contributed by atoms with E-state index < -0.39 is 15.9 Å². The molecule has 0 fully saturated rings. The lowest BCUT2D eigenvalue weighted by Gasteiger charge is -2.18. The van der Waals surface area contributed by atoms with E-state index >= 15 is 0 Å². The minimum Gasteiger partial charge on any atom is -0.490 e. The predicted octanol–water partition coefficient (Wildman–Crippen LogP) is 3.55. The molecule has 0 heterocycles. The normalized spacial score (nSPS) is 10.9. The first kappa shape index (κ1) is 19.8. The number of nitrogens with one attached hydrogen (secondary N) is 1. The highest BCUT2D eigenvalue weighted by Crippen LogP contribution is 2.25. The van der Waals surface area contributed by atoms with E-state index in [9.17, 15) is 13.2 Å². The van der Waals surface area contributed by atoms with Gasteiger partial charge in [0.2, 0.25) is 10.0 Å². The summed E-state index contributed by atoms with van der Waals surface area (Å²) >= 11 is 6.10. The number of rotatable bonds is 7. The van der Waals surface area contributed by atoms with Crippen molar-refractivity contribution in [1.29, 1.82) is 0 Å². The molecule has 2 aromatic carbocycles. The van der Waals surface area contributed by atoms with Crippen LogP contribution in [0.3, 0.4) is 0 Å². The maximum atomic E-state index is 12.5. The Morgan fingerprint density at radius 3 is 2.50 bits per heavy atom. The number of anilines is 2. The van der Waals surface area contributed by atoms with E-state index in [0.29, 0.717) is 23.7 Å². The van der Waals surface area contributed by atoms with Crippen molar-refractivity contribution >= 4 is 38.9 Å². The molecule has 26 heavy (non-hydrogen) atoms. The molecular formula is C18H19ClN2O4S. The number of ether oxygens (including phenoxy) is 1. The van der Waals surface area contributed by atoms with Gasteiger partial charge in [0.05, 0.1) is 22.5 Å². The summed E-state index contributed by atoms with van der Waals surface area (Å²) in [5.74, 6) is 0.205. The average molecular weight is 395 g/mol. The van der Waals surface area contributed by atoms with Crippen molar-refractivity contribution in [3.05, 3.63) is 65.7 Å². The second-order valence-electron chi connectivity index (χ2n) is 5.47. The maximum Gasteiger partial charge on any atom is 0.257 e. The Morgan fingerprint density at radius 1 is 1.27 bits per heavy atom. The molecule has 0 saturated carbocycles. The number of amides is 1. The summed E-state index contributed by atoms with van der Waals surface area (Å²) in [5, 5.41) is 2.94. The summed E-state index contributed by atoms with van der Waals surface area (Å²) in [6.45, 7) is 3.96. The predicted molar refractivity (Wildman–Crippen MR) is 105 cm³/mol. The van der Waals surface area contributed by atoms with Crippen LogP contribution in [0.1, 0.15) is 10.4 Å². The zero-order valence-corrected chi connectivity index (χ0v) is 16.0. The molecule has 0 bridgehead atoms. The van der Waals surface area contributed by atoms with Gasteiger partial charge in [0.15, 0.2) is 0 Å². The Bertz CT molecular complexity index is 911. The van der Waals surface area contributed by atoms with Crippen molar-refractivity contribution in [2.45, 2.75) is 0 Å². The van der Waals surface area contributed by atoms with Gasteiger partial charge in [0.25, 0.3) is 5.91 Å². The zero-order chi connectivity index (χ0) is 19.3. The van der Waals surface area contributed by atoms with Crippen LogP contribution in [0, 0.1) is 0 Å². The number of carbonyl (C=O) groups excluding carboxylic acids is 1. The van der Waals surface area contributed by atoms with Gasteiger partial charge >= 0.3 is 0 Å². The molecule has 0 spiro atoms. The smallest absolute Gasteiger partial charge is 0.257 e. The molecular weight excluding hydrogens is 376 g/mol. The van der Waals surface area contributed by atoms with Crippen LogP contribution in [0.2, 0.25) is 5.02 Å². The van der Waals surface area contributed by atoms with Crippen LogP contribution in [-0.4, -0.2) is 34.2 Å². The molecule has 138 valence electrons. The van der Waals surface area contributed by atoms with Crippen molar-refractivity contribution in [1.82, 2.24) is 0 Å². The molecule has 0 aliphatic carbocycles. The monoisotopic (exact) mass is 394 g/mol. The summed E-state index contributed by atoms with van der Waals surface area (Å²) in [6, 6.07) is 11.3. The van der Waals surface area contributed by atoms with E-state index in [1.165, 1.54) is 25.2 Å². The van der Waals surface area contributed by atoms with E-state index in [0.717, 1.165) is 10.6 Å². The lowest BCUT2D eigenvalue weighted by Crippen LogP contribution is -2.25. The molecule has 2 rings (SSSR count). The fourth-order valence-corrected chi connectivity index (χ4v) is 2.76. The standard InChI is InChI=1S/C18H19ClN2O4S/c1-4-11-25-15-8-5-13(6-9-15)20-18(22)16-12-14(7-10-17(16)19)21(2)26(3,23)24/h4-10,12H,1,11H2,2-3H3,(H,20,22). The number of halogens is 1. The van der Waals surface area contributed by atoms with Gasteiger partial charge in [0.1, 0.15) is 12.4 Å². The van der Waals surface area contributed by atoms with Gasteiger partial charge in [-0.2, -0.15) is 0 Å². The molecule has 0 unspecified atom stereocenters. The highest BCUT2D eigenvalue weighted by atomic mass is 35.5. The topological polar surface area (TPSA) is 75.7 Å². The second-order valence-corrected chi connectivity index (χ2v) is 7.89. The highest BCUT2D eigenvalue weighted by Gasteiger charge is 2.17. The van der Waals surface area contributed by atoms with E-state index in [-0.39, 0.29) is 10.6 Å². The summed E-state index contributed by atoms with van der Waals surface area (Å²) in [5.41, 5.74) is 1.07. The Labute approximate surface area is 158 Å². The Kier molecular flexibility index (Phi) is 6.28. The number of benzene rings is 2. The molecule has 6 nitrogen and oxygen atoms in total. The van der Waals surface area contributed by atoms with Crippen LogP contribution in [-0.2, 0) is 10.0 Å². The van der Waals surface area contributed by atoms with E-state index in [4.69, 9.17) is 16.3 Å². The molecule has 1 N–H and O–H groups in total. The Hall–Kier alpha value is -2.51. The van der Waals surface area contributed by atoms with Gasteiger partial charge in [-0.05, 0) is 42.5 Å². The Balaban J connectivity index is 2.20. The molecule has 2 aromatic rings. The van der Waals surface area contributed by atoms with Crippen molar-refractivity contribution in [3.63, 3.8) is 0 Å². The van der Waals surface area contributed by atoms with Crippen molar-refractivity contribution in [2.75, 3.05) is 29.5 Å². The summed E-state index contributed by atoms with van der Waals surface area (Å²) < 4.78 is 29.8. The largest absolute Gasteiger partial charge is 0.490 e. The van der Waals surface area contributed by atoms with Crippen molar-refractivity contribution in [2.24, 2.45) is 0 Å². The minimum absolute atomic E-state index is 0.173. The maximum absolute atomic E-state index is 12.5. The number of carbonyl (C=O) groups is 1. The second kappa shape index (κ2) is 8.25. The van der Waals surface area contributed by atoms with Crippen LogP contribution in [0.15, 0.2) is 55.1 Å². The van der Waals surface area contributed by atoms with Gasteiger partial charge in [-0.15, -0.1) is 0 Å². The van der Waals surface area contributed by atoms with Gasteiger partial charge in [-0.1, -0.05) is 24.3 Å².